The molecule has 0 atom stereocenters. The lowest BCUT2D eigenvalue weighted by atomic mass is 10.1. The van der Waals surface area contributed by atoms with E-state index in [0.717, 1.165) is 11.9 Å². The van der Waals surface area contributed by atoms with Crippen molar-refractivity contribution in [1.29, 1.82) is 0 Å². The van der Waals surface area contributed by atoms with Crippen molar-refractivity contribution in [3.63, 3.8) is 0 Å². The maximum Gasteiger partial charge on any atom is 0.259 e. The molecule has 0 saturated heterocycles. The Hall–Kier alpha value is -4.11. The number of carbonyl (C=O) groups excluding carboxylic acids is 1. The van der Waals surface area contributed by atoms with Crippen molar-refractivity contribution in [1.82, 2.24) is 9.78 Å². The van der Waals surface area contributed by atoms with E-state index in [-0.39, 0.29) is 5.91 Å². The molecule has 0 bridgehead atoms. The van der Waals surface area contributed by atoms with Gasteiger partial charge in [0, 0.05) is 23.1 Å². The monoisotopic (exact) mass is 462 g/mol. The summed E-state index contributed by atoms with van der Waals surface area (Å²) in [6, 6.07) is 23.2. The minimum atomic E-state index is -3.38. The van der Waals surface area contributed by atoms with Gasteiger partial charge in [0.15, 0.2) is 0 Å². The zero-order valence-corrected chi connectivity index (χ0v) is 18.8. The number of carbonyl (C=O) groups is 1. The minimum absolute atomic E-state index is 0.359. The summed E-state index contributed by atoms with van der Waals surface area (Å²) in [6.07, 6.45) is 2.75. The highest BCUT2D eigenvalue weighted by atomic mass is 32.2. The molecule has 0 radical (unpaired) electrons. The van der Waals surface area contributed by atoms with E-state index in [2.05, 4.69) is 15.1 Å². The molecule has 0 aliphatic rings. The van der Waals surface area contributed by atoms with Gasteiger partial charge in [0.1, 0.15) is 11.4 Å². The number of nitrogens with one attached hydrogen (secondary N) is 2. The number of anilines is 2. The van der Waals surface area contributed by atoms with Gasteiger partial charge in [-0.25, -0.2) is 13.1 Å². The SMILES string of the molecule is COc1ccccc1-c1nn(-c2ccccc2)cc1C(=O)Nc1ccc(NS(C)(=O)=O)cc1. The fraction of sp³-hybridized carbons (Fsp3) is 0.0833. The van der Waals surface area contributed by atoms with Crippen LogP contribution in [0, 0.1) is 0 Å². The van der Waals surface area contributed by atoms with Crippen molar-refractivity contribution in [3.05, 3.63) is 90.6 Å². The van der Waals surface area contributed by atoms with Crippen LogP contribution >= 0.6 is 0 Å². The number of sulfonamides is 1. The molecule has 1 aromatic heterocycles. The molecule has 3 aromatic carbocycles. The molecule has 4 aromatic rings. The van der Waals surface area contributed by atoms with E-state index < -0.39 is 10.0 Å². The van der Waals surface area contributed by atoms with Gasteiger partial charge >= 0.3 is 0 Å². The lowest BCUT2D eigenvalue weighted by Crippen LogP contribution is -2.13. The van der Waals surface area contributed by atoms with Gasteiger partial charge in [0.25, 0.3) is 5.91 Å². The average Bonchev–Trinajstić information content (AvgIpc) is 3.25. The number of ether oxygens (including phenoxy) is 1. The molecule has 0 unspecified atom stereocenters. The number of benzene rings is 3. The van der Waals surface area contributed by atoms with E-state index in [0.29, 0.717) is 33.9 Å². The zero-order valence-electron chi connectivity index (χ0n) is 18.0. The van der Waals surface area contributed by atoms with Crippen LogP contribution in [0.1, 0.15) is 10.4 Å². The van der Waals surface area contributed by atoms with E-state index in [4.69, 9.17) is 4.74 Å². The van der Waals surface area contributed by atoms with Crippen LogP contribution in [0.3, 0.4) is 0 Å². The van der Waals surface area contributed by atoms with Crippen molar-refractivity contribution < 1.29 is 17.9 Å². The summed E-state index contributed by atoms with van der Waals surface area (Å²) in [5.74, 6) is 0.239. The molecule has 33 heavy (non-hydrogen) atoms. The van der Waals surface area contributed by atoms with Gasteiger partial charge in [-0.2, -0.15) is 5.10 Å². The predicted molar refractivity (Wildman–Crippen MR) is 128 cm³/mol. The third kappa shape index (κ3) is 5.21. The van der Waals surface area contributed by atoms with Crippen molar-refractivity contribution in [2.45, 2.75) is 0 Å². The Kier molecular flexibility index (Phi) is 6.14. The first kappa shape index (κ1) is 22.1. The lowest BCUT2D eigenvalue weighted by molar-refractivity contribution is 0.102. The molecule has 1 heterocycles. The van der Waals surface area contributed by atoms with Crippen molar-refractivity contribution >= 4 is 27.3 Å². The number of methoxy groups -OCH3 is 1. The van der Waals surface area contributed by atoms with E-state index in [9.17, 15) is 13.2 Å². The maximum absolute atomic E-state index is 13.2. The van der Waals surface area contributed by atoms with E-state index in [1.165, 1.54) is 0 Å². The van der Waals surface area contributed by atoms with Gasteiger partial charge in [-0.1, -0.05) is 30.3 Å². The smallest absolute Gasteiger partial charge is 0.259 e. The number of hydrogen-bond acceptors (Lipinski definition) is 5. The Morgan fingerprint density at radius 1 is 0.909 bits per heavy atom. The minimum Gasteiger partial charge on any atom is -0.496 e. The first-order valence-corrected chi connectivity index (χ1v) is 11.9. The highest BCUT2D eigenvalue weighted by Gasteiger charge is 2.21. The molecule has 8 nitrogen and oxygen atoms in total. The first-order valence-electron chi connectivity index (χ1n) is 10.0. The second-order valence-electron chi connectivity index (χ2n) is 7.28. The van der Waals surface area contributed by atoms with Crippen molar-refractivity contribution in [2.75, 3.05) is 23.4 Å². The Labute approximate surface area is 191 Å². The van der Waals surface area contributed by atoms with Crippen LogP contribution < -0.4 is 14.8 Å². The molecule has 0 fully saturated rings. The van der Waals surface area contributed by atoms with Gasteiger partial charge in [-0.15, -0.1) is 0 Å². The molecular weight excluding hydrogens is 440 g/mol. The predicted octanol–water partition coefficient (Wildman–Crippen LogP) is 4.17. The Morgan fingerprint density at radius 3 is 2.21 bits per heavy atom. The number of nitrogens with zero attached hydrogens (tertiary/aromatic N) is 2. The highest BCUT2D eigenvalue weighted by Crippen LogP contribution is 2.32. The van der Waals surface area contributed by atoms with Gasteiger partial charge in [0.05, 0.1) is 24.6 Å². The second kappa shape index (κ2) is 9.17. The maximum atomic E-state index is 13.2. The van der Waals surface area contributed by atoms with E-state index >= 15 is 0 Å². The average molecular weight is 463 g/mol. The molecule has 168 valence electrons. The van der Waals surface area contributed by atoms with Gasteiger partial charge in [-0.05, 0) is 48.5 Å². The Bertz CT molecular complexity index is 1380. The largest absolute Gasteiger partial charge is 0.496 e. The molecule has 1 amide bonds. The van der Waals surface area contributed by atoms with Crippen LogP contribution in [-0.4, -0.2) is 37.5 Å². The van der Waals surface area contributed by atoms with Crippen LogP contribution in [0.4, 0.5) is 11.4 Å². The summed E-state index contributed by atoms with van der Waals surface area (Å²) < 4.78 is 32.3. The summed E-state index contributed by atoms with van der Waals surface area (Å²) in [5.41, 5.74) is 3.25. The van der Waals surface area contributed by atoms with Crippen LogP contribution in [0.15, 0.2) is 85.1 Å². The number of para-hydroxylation sites is 2. The quantitative estimate of drug-likeness (QED) is 0.429. The van der Waals surface area contributed by atoms with E-state index in [1.54, 1.807) is 42.3 Å². The van der Waals surface area contributed by atoms with Crippen LogP contribution in [0.2, 0.25) is 0 Å². The third-order valence-corrected chi connectivity index (χ3v) is 5.39. The van der Waals surface area contributed by atoms with Crippen molar-refractivity contribution in [3.8, 4) is 22.7 Å². The summed E-state index contributed by atoms with van der Waals surface area (Å²) in [7, 11) is -1.81. The second-order valence-corrected chi connectivity index (χ2v) is 9.03. The third-order valence-electron chi connectivity index (χ3n) is 4.79. The van der Waals surface area contributed by atoms with Crippen molar-refractivity contribution in [2.24, 2.45) is 0 Å². The van der Waals surface area contributed by atoms with Gasteiger partial charge in [-0.3, -0.25) is 9.52 Å². The summed E-state index contributed by atoms with van der Waals surface area (Å²) in [4.78, 5) is 13.2. The molecular formula is C24H22N4O4S. The lowest BCUT2D eigenvalue weighted by Gasteiger charge is -2.09. The van der Waals surface area contributed by atoms with Gasteiger partial charge < -0.3 is 10.1 Å². The molecule has 0 aliphatic carbocycles. The molecule has 9 heteroatoms. The first-order chi connectivity index (χ1) is 15.8. The van der Waals surface area contributed by atoms with Crippen LogP contribution in [0.5, 0.6) is 5.75 Å². The normalized spacial score (nSPS) is 11.1. The molecule has 4 rings (SSSR count). The topological polar surface area (TPSA) is 102 Å². The van der Waals surface area contributed by atoms with E-state index in [1.807, 2.05) is 54.6 Å². The fourth-order valence-electron chi connectivity index (χ4n) is 3.33. The number of rotatable bonds is 7. The standard InChI is InChI=1S/C24H22N4O4S/c1-32-22-11-7-6-10-20(22)23-21(16-28(26-23)19-8-4-3-5-9-19)24(29)25-17-12-14-18(15-13-17)27-33(2,30)31/h3-16,27H,1-2H3,(H,25,29). The number of hydrogen-bond donors (Lipinski definition) is 2. The number of aromatic nitrogens is 2. The summed E-state index contributed by atoms with van der Waals surface area (Å²) in [6.45, 7) is 0. The summed E-state index contributed by atoms with van der Waals surface area (Å²) >= 11 is 0. The zero-order chi connectivity index (χ0) is 23.4. The molecule has 0 aliphatic heterocycles. The molecule has 0 spiro atoms. The summed E-state index contributed by atoms with van der Waals surface area (Å²) in [5, 5.41) is 7.53. The molecule has 0 saturated carbocycles. The number of amides is 1. The van der Waals surface area contributed by atoms with Gasteiger partial charge in [0.2, 0.25) is 10.0 Å². The molecule has 2 N–H and O–H groups in total. The van der Waals surface area contributed by atoms with Crippen LogP contribution in [-0.2, 0) is 10.0 Å². The Balaban J connectivity index is 1.70. The fourth-order valence-corrected chi connectivity index (χ4v) is 3.89. The Morgan fingerprint density at radius 2 is 1.55 bits per heavy atom. The highest BCUT2D eigenvalue weighted by molar-refractivity contribution is 7.92. The van der Waals surface area contributed by atoms with Crippen LogP contribution in [0.25, 0.3) is 16.9 Å².